The predicted molar refractivity (Wildman–Crippen MR) is 110 cm³/mol. The molecule has 1 aromatic carbocycles. The topological polar surface area (TPSA) is 91.2 Å². The lowest BCUT2D eigenvalue weighted by atomic mass is 9.90. The summed E-state index contributed by atoms with van der Waals surface area (Å²) in [5.41, 5.74) is -4.62. The predicted octanol–water partition coefficient (Wildman–Crippen LogP) is 4.03. The lowest BCUT2D eigenvalue weighted by molar-refractivity contribution is -0.140. The van der Waals surface area contributed by atoms with Gasteiger partial charge in [0, 0.05) is 24.6 Å². The summed E-state index contributed by atoms with van der Waals surface area (Å²) in [5, 5.41) is 15.1. The highest BCUT2D eigenvalue weighted by atomic mass is 19.4. The van der Waals surface area contributed by atoms with Crippen molar-refractivity contribution in [2.75, 3.05) is 13.1 Å². The van der Waals surface area contributed by atoms with Gasteiger partial charge >= 0.3 is 12.3 Å². The molecule has 7 nitrogen and oxygen atoms in total. The summed E-state index contributed by atoms with van der Waals surface area (Å²) >= 11 is 0. The second kappa shape index (κ2) is 8.18. The van der Waals surface area contributed by atoms with E-state index in [9.17, 15) is 32.4 Å². The third-order valence-corrected chi connectivity index (χ3v) is 5.84. The number of likely N-dealkylation sites (tertiary alicyclic amines) is 1. The highest BCUT2D eigenvalue weighted by Crippen LogP contribution is 2.52. The van der Waals surface area contributed by atoms with Gasteiger partial charge in [-0.05, 0) is 58.6 Å². The lowest BCUT2D eigenvalue weighted by Gasteiger charge is -2.29. The zero-order chi connectivity index (χ0) is 24.9. The SMILES string of the molecule is CC(C)(C)OC(=O)N1CC2C(C1)C2C(=O)NC(C)(C)C(=NO)c1cccc(C(F)(F)F)c1F. The second-order valence-corrected chi connectivity index (χ2v) is 9.97. The molecule has 0 aromatic heterocycles. The van der Waals surface area contributed by atoms with Crippen LogP contribution < -0.4 is 5.32 Å². The number of hydrogen-bond donors (Lipinski definition) is 2. The van der Waals surface area contributed by atoms with E-state index in [4.69, 9.17) is 4.74 Å². The van der Waals surface area contributed by atoms with Gasteiger partial charge in [-0.15, -0.1) is 0 Å². The van der Waals surface area contributed by atoms with Gasteiger partial charge in [0.05, 0.1) is 11.1 Å². The zero-order valence-corrected chi connectivity index (χ0v) is 19.0. The van der Waals surface area contributed by atoms with Crippen molar-refractivity contribution in [1.82, 2.24) is 10.2 Å². The van der Waals surface area contributed by atoms with Crippen LogP contribution in [0.1, 0.15) is 45.7 Å². The smallest absolute Gasteiger partial charge is 0.419 e. The van der Waals surface area contributed by atoms with Crippen molar-refractivity contribution in [1.29, 1.82) is 0 Å². The number of alkyl halides is 3. The van der Waals surface area contributed by atoms with Crippen molar-refractivity contribution < 1.29 is 37.1 Å². The third-order valence-electron chi connectivity index (χ3n) is 5.84. The number of nitrogens with one attached hydrogen (secondary N) is 1. The minimum Gasteiger partial charge on any atom is -0.444 e. The van der Waals surface area contributed by atoms with Crippen LogP contribution in [0.15, 0.2) is 23.4 Å². The number of hydrogen-bond acceptors (Lipinski definition) is 5. The van der Waals surface area contributed by atoms with E-state index >= 15 is 0 Å². The number of ether oxygens (including phenoxy) is 1. The first-order chi connectivity index (χ1) is 15.1. The number of carbonyl (C=O) groups is 2. The Morgan fingerprint density at radius 1 is 1.12 bits per heavy atom. The molecule has 0 bridgehead atoms. The van der Waals surface area contributed by atoms with Crippen LogP contribution in [0.5, 0.6) is 0 Å². The van der Waals surface area contributed by atoms with Gasteiger partial charge in [0.2, 0.25) is 5.91 Å². The average Bonchev–Trinajstić information content (AvgIpc) is 3.15. The van der Waals surface area contributed by atoms with Crippen molar-refractivity contribution >= 4 is 17.7 Å². The summed E-state index contributed by atoms with van der Waals surface area (Å²) in [5.74, 6) is -2.56. The number of amides is 2. The van der Waals surface area contributed by atoms with Gasteiger partial charge in [-0.25, -0.2) is 9.18 Å². The molecule has 2 amide bonds. The summed E-state index contributed by atoms with van der Waals surface area (Å²) in [7, 11) is 0. The summed E-state index contributed by atoms with van der Waals surface area (Å²) in [6.45, 7) is 8.78. The van der Waals surface area contributed by atoms with Crippen LogP contribution in [0, 0.1) is 23.6 Å². The Morgan fingerprint density at radius 2 is 1.70 bits per heavy atom. The maximum absolute atomic E-state index is 14.6. The first kappa shape index (κ1) is 24.8. The van der Waals surface area contributed by atoms with Gasteiger partial charge in [-0.1, -0.05) is 11.2 Å². The number of halogens is 4. The van der Waals surface area contributed by atoms with Crippen molar-refractivity contribution in [2.45, 2.75) is 51.9 Å². The zero-order valence-electron chi connectivity index (χ0n) is 19.0. The van der Waals surface area contributed by atoms with Gasteiger partial charge in [-0.3, -0.25) is 4.79 Å². The largest absolute Gasteiger partial charge is 0.444 e. The molecule has 2 atom stereocenters. The van der Waals surface area contributed by atoms with Gasteiger partial charge < -0.3 is 20.2 Å². The molecule has 1 heterocycles. The normalized spacial score (nSPS) is 23.2. The van der Waals surface area contributed by atoms with Gasteiger partial charge in [0.25, 0.3) is 0 Å². The van der Waals surface area contributed by atoms with E-state index in [0.717, 1.165) is 12.1 Å². The number of piperidine rings is 1. The Morgan fingerprint density at radius 3 is 2.18 bits per heavy atom. The highest BCUT2D eigenvalue weighted by Gasteiger charge is 2.61. The molecule has 1 aromatic rings. The quantitative estimate of drug-likeness (QED) is 0.299. The molecule has 3 rings (SSSR count). The molecule has 2 unspecified atom stereocenters. The number of carbonyl (C=O) groups excluding carboxylic acids is 2. The molecule has 2 N–H and O–H groups in total. The summed E-state index contributed by atoms with van der Waals surface area (Å²) in [6.07, 6.45) is -5.39. The molecular formula is C22H27F4N3O4. The fourth-order valence-corrected chi connectivity index (χ4v) is 4.29. The van der Waals surface area contributed by atoms with Crippen LogP contribution >= 0.6 is 0 Å². The van der Waals surface area contributed by atoms with E-state index in [1.54, 1.807) is 20.8 Å². The van der Waals surface area contributed by atoms with E-state index in [0.29, 0.717) is 19.2 Å². The third kappa shape index (κ3) is 5.06. The molecule has 2 fully saturated rings. The second-order valence-electron chi connectivity index (χ2n) is 9.97. The molecule has 0 spiro atoms. The fraction of sp³-hybridized carbons (Fsp3) is 0.591. The number of rotatable bonds is 4. The van der Waals surface area contributed by atoms with E-state index in [2.05, 4.69) is 10.5 Å². The van der Waals surface area contributed by atoms with Crippen LogP contribution in [-0.2, 0) is 15.7 Å². The molecule has 2 aliphatic rings. The molecule has 1 aliphatic carbocycles. The maximum Gasteiger partial charge on any atom is 0.419 e. The average molecular weight is 473 g/mol. The molecule has 1 saturated heterocycles. The number of oxime groups is 1. The highest BCUT2D eigenvalue weighted by molar-refractivity contribution is 6.08. The van der Waals surface area contributed by atoms with Crippen molar-refractivity contribution in [3.63, 3.8) is 0 Å². The molecule has 1 saturated carbocycles. The molecule has 182 valence electrons. The fourth-order valence-electron chi connectivity index (χ4n) is 4.29. The molecule has 33 heavy (non-hydrogen) atoms. The number of fused-ring (bicyclic) bond motifs is 1. The summed E-state index contributed by atoms with van der Waals surface area (Å²) in [6, 6.07) is 2.64. The monoisotopic (exact) mass is 473 g/mol. The standard InChI is InChI=1S/C22H27F4N3O4/c1-20(2,3)33-19(31)29-9-12-13(10-29)15(12)18(30)27-21(4,5)17(28-32)11-7-6-8-14(16(11)23)22(24,25)26/h6-8,12-13,15,32H,9-10H2,1-5H3,(H,27,30). The molecular weight excluding hydrogens is 446 g/mol. The summed E-state index contributed by atoms with van der Waals surface area (Å²) in [4.78, 5) is 26.6. The lowest BCUT2D eigenvalue weighted by Crippen LogP contribution is -2.51. The Labute approximate surface area is 188 Å². The van der Waals surface area contributed by atoms with Crippen molar-refractivity contribution in [2.24, 2.45) is 22.9 Å². The first-order valence-corrected chi connectivity index (χ1v) is 10.5. The molecule has 0 radical (unpaired) electrons. The number of nitrogens with zero attached hydrogens (tertiary/aromatic N) is 2. The van der Waals surface area contributed by atoms with Gasteiger partial charge in [-0.2, -0.15) is 13.2 Å². The van der Waals surface area contributed by atoms with Crippen LogP contribution in [0.25, 0.3) is 0 Å². The molecule has 1 aliphatic heterocycles. The Balaban J connectivity index is 1.68. The van der Waals surface area contributed by atoms with Crippen LogP contribution in [0.3, 0.4) is 0 Å². The molecule has 11 heteroatoms. The van der Waals surface area contributed by atoms with Crippen LogP contribution in [0.4, 0.5) is 22.4 Å². The van der Waals surface area contributed by atoms with Gasteiger partial charge in [0.1, 0.15) is 17.1 Å². The van der Waals surface area contributed by atoms with E-state index < -0.39 is 57.9 Å². The van der Waals surface area contributed by atoms with Crippen molar-refractivity contribution in [3.05, 3.63) is 35.1 Å². The Bertz CT molecular complexity index is 973. The van der Waals surface area contributed by atoms with E-state index in [-0.39, 0.29) is 11.8 Å². The Kier molecular flexibility index (Phi) is 6.14. The summed E-state index contributed by atoms with van der Waals surface area (Å²) < 4.78 is 59.2. The van der Waals surface area contributed by atoms with E-state index in [1.165, 1.54) is 18.7 Å². The van der Waals surface area contributed by atoms with Crippen LogP contribution in [0.2, 0.25) is 0 Å². The van der Waals surface area contributed by atoms with Gasteiger partial charge in [0.15, 0.2) is 0 Å². The van der Waals surface area contributed by atoms with Crippen molar-refractivity contribution in [3.8, 4) is 0 Å². The Hall–Kier alpha value is -2.85. The van der Waals surface area contributed by atoms with E-state index in [1.807, 2.05) is 0 Å². The minimum absolute atomic E-state index is 0.0758. The maximum atomic E-state index is 14.6. The first-order valence-electron chi connectivity index (χ1n) is 10.5. The number of benzene rings is 1. The minimum atomic E-state index is -4.93. The van der Waals surface area contributed by atoms with Crippen LogP contribution in [-0.4, -0.2) is 52.0 Å².